The van der Waals surface area contributed by atoms with Crippen LogP contribution in [0, 0.1) is 0 Å². The van der Waals surface area contributed by atoms with E-state index in [0.29, 0.717) is 6.54 Å². The van der Waals surface area contributed by atoms with Crippen LogP contribution in [0.3, 0.4) is 0 Å². The van der Waals surface area contributed by atoms with Crippen LogP contribution < -0.4 is 0 Å². The van der Waals surface area contributed by atoms with Crippen molar-refractivity contribution < 1.29 is 14.6 Å². The molecule has 0 fully saturated rings. The molecule has 1 aliphatic rings. The van der Waals surface area contributed by atoms with Gasteiger partial charge in [0.25, 0.3) is 0 Å². The number of hydrogen-bond acceptors (Lipinski definition) is 4. The predicted octanol–water partition coefficient (Wildman–Crippen LogP) is 1.25. The van der Waals surface area contributed by atoms with Crippen molar-refractivity contribution in [2.45, 2.75) is 38.8 Å². The molecule has 2 heterocycles. The van der Waals surface area contributed by atoms with Crippen molar-refractivity contribution in [2.75, 3.05) is 13.2 Å². The predicted molar refractivity (Wildman–Crippen MR) is 69.7 cm³/mol. The van der Waals surface area contributed by atoms with E-state index >= 15 is 0 Å². The lowest BCUT2D eigenvalue weighted by Crippen LogP contribution is -2.44. The Morgan fingerprint density at radius 3 is 2.84 bits per heavy atom. The van der Waals surface area contributed by atoms with E-state index in [1.807, 2.05) is 32.4 Å². The molecule has 1 aromatic heterocycles. The van der Waals surface area contributed by atoms with Gasteiger partial charge in [0.15, 0.2) is 0 Å². The number of rotatable bonds is 1. The summed E-state index contributed by atoms with van der Waals surface area (Å²) in [4.78, 5) is 18.0. The number of aliphatic hydroxyl groups is 1. The van der Waals surface area contributed by atoms with Crippen LogP contribution in [-0.4, -0.2) is 44.4 Å². The summed E-state index contributed by atoms with van der Waals surface area (Å²) >= 11 is 0. The fourth-order valence-corrected chi connectivity index (χ4v) is 2.31. The Morgan fingerprint density at radius 1 is 1.58 bits per heavy atom. The molecule has 0 spiro atoms. The highest BCUT2D eigenvalue weighted by Gasteiger charge is 2.35. The third-order valence-electron chi connectivity index (χ3n) is 3.17. The van der Waals surface area contributed by atoms with Gasteiger partial charge >= 0.3 is 6.09 Å². The number of imidazole rings is 1. The van der Waals surface area contributed by atoms with Gasteiger partial charge < -0.3 is 14.4 Å². The molecule has 0 saturated heterocycles. The average molecular weight is 267 g/mol. The number of aryl methyl sites for hydroxylation is 1. The van der Waals surface area contributed by atoms with Crippen LogP contribution in [0.2, 0.25) is 0 Å². The average Bonchev–Trinajstić information content (AvgIpc) is 2.68. The summed E-state index contributed by atoms with van der Waals surface area (Å²) in [5.41, 5.74) is 1.29. The van der Waals surface area contributed by atoms with Gasteiger partial charge in [-0.2, -0.15) is 0 Å². The topological polar surface area (TPSA) is 67.6 Å². The molecular formula is C13H21N3O3. The fraction of sp³-hybridized carbons (Fsp3) is 0.692. The highest BCUT2D eigenvalue weighted by atomic mass is 16.6. The van der Waals surface area contributed by atoms with E-state index in [1.54, 1.807) is 11.2 Å². The maximum atomic E-state index is 12.2. The molecule has 0 saturated carbocycles. The smallest absolute Gasteiger partial charge is 0.410 e. The van der Waals surface area contributed by atoms with E-state index < -0.39 is 17.7 Å². The lowest BCUT2D eigenvalue weighted by Gasteiger charge is -2.35. The normalized spacial score (nSPS) is 19.2. The molecule has 1 aromatic rings. The second kappa shape index (κ2) is 4.85. The van der Waals surface area contributed by atoms with Crippen molar-refractivity contribution in [3.63, 3.8) is 0 Å². The van der Waals surface area contributed by atoms with E-state index in [9.17, 15) is 9.90 Å². The van der Waals surface area contributed by atoms with Crippen LogP contribution in [0.15, 0.2) is 6.33 Å². The molecule has 6 nitrogen and oxygen atoms in total. The van der Waals surface area contributed by atoms with Gasteiger partial charge in [0.1, 0.15) is 11.6 Å². The summed E-state index contributed by atoms with van der Waals surface area (Å²) in [5, 5.41) is 9.57. The van der Waals surface area contributed by atoms with Crippen molar-refractivity contribution in [1.29, 1.82) is 0 Å². The standard InChI is InChI=1S/C13H21N3O3/c1-13(2,3)19-12(18)16-6-5-9-11(10(16)7-17)14-8-15(9)4/h8,10,17H,5-7H2,1-4H3. The summed E-state index contributed by atoms with van der Waals surface area (Å²) in [6.07, 6.45) is 2.04. The van der Waals surface area contributed by atoms with Crippen LogP contribution >= 0.6 is 0 Å². The molecule has 106 valence electrons. The number of aromatic nitrogens is 2. The minimum Gasteiger partial charge on any atom is -0.444 e. The van der Waals surface area contributed by atoms with Gasteiger partial charge in [0.05, 0.1) is 18.6 Å². The van der Waals surface area contributed by atoms with Crippen molar-refractivity contribution in [3.8, 4) is 0 Å². The Labute approximate surface area is 113 Å². The molecule has 1 unspecified atom stereocenters. The zero-order valence-electron chi connectivity index (χ0n) is 11.9. The molecule has 0 radical (unpaired) electrons. The number of fused-ring (bicyclic) bond motifs is 1. The van der Waals surface area contributed by atoms with Crippen molar-refractivity contribution in [1.82, 2.24) is 14.5 Å². The monoisotopic (exact) mass is 267 g/mol. The van der Waals surface area contributed by atoms with Crippen LogP contribution in [0.1, 0.15) is 38.2 Å². The molecule has 1 atom stereocenters. The van der Waals surface area contributed by atoms with Gasteiger partial charge in [-0.3, -0.25) is 4.90 Å². The summed E-state index contributed by atoms with van der Waals surface area (Å²) in [6, 6.07) is -0.417. The molecule has 1 N–H and O–H groups in total. The molecular weight excluding hydrogens is 246 g/mol. The van der Waals surface area contributed by atoms with E-state index in [4.69, 9.17) is 4.74 Å². The molecule has 2 rings (SSSR count). The number of amides is 1. The number of aliphatic hydroxyl groups excluding tert-OH is 1. The zero-order chi connectivity index (χ0) is 14.2. The van der Waals surface area contributed by atoms with Gasteiger partial charge in [0.2, 0.25) is 0 Å². The minimum atomic E-state index is -0.540. The number of hydrogen-bond donors (Lipinski definition) is 1. The first-order chi connectivity index (χ1) is 8.83. The molecule has 19 heavy (non-hydrogen) atoms. The number of nitrogens with zero attached hydrogens (tertiary/aromatic N) is 3. The molecule has 1 aliphatic heterocycles. The lowest BCUT2D eigenvalue weighted by molar-refractivity contribution is 0.00615. The first kappa shape index (κ1) is 13.9. The van der Waals surface area contributed by atoms with Gasteiger partial charge in [-0.25, -0.2) is 9.78 Å². The lowest BCUT2D eigenvalue weighted by atomic mass is 10.0. The Bertz CT molecular complexity index is 476. The zero-order valence-corrected chi connectivity index (χ0v) is 11.9. The van der Waals surface area contributed by atoms with Gasteiger partial charge in [-0.05, 0) is 20.8 Å². The third kappa shape index (κ3) is 2.73. The third-order valence-corrected chi connectivity index (χ3v) is 3.17. The summed E-state index contributed by atoms with van der Waals surface area (Å²) < 4.78 is 7.31. The number of carbonyl (C=O) groups excluding carboxylic acids is 1. The molecule has 0 aliphatic carbocycles. The maximum absolute atomic E-state index is 12.2. The molecule has 6 heteroatoms. The summed E-state index contributed by atoms with van der Waals surface area (Å²) in [6.45, 7) is 5.87. The largest absolute Gasteiger partial charge is 0.444 e. The quantitative estimate of drug-likeness (QED) is 0.831. The minimum absolute atomic E-state index is 0.150. The Hall–Kier alpha value is -1.56. The maximum Gasteiger partial charge on any atom is 0.410 e. The van der Waals surface area contributed by atoms with Gasteiger partial charge in [0, 0.05) is 25.7 Å². The number of carbonyl (C=O) groups is 1. The van der Waals surface area contributed by atoms with E-state index in [-0.39, 0.29) is 6.61 Å². The first-order valence-corrected chi connectivity index (χ1v) is 6.44. The summed E-state index contributed by atoms with van der Waals surface area (Å²) in [5.74, 6) is 0. The fourth-order valence-electron chi connectivity index (χ4n) is 2.31. The molecule has 1 amide bonds. The van der Waals surface area contributed by atoms with Crippen LogP contribution in [0.5, 0.6) is 0 Å². The SMILES string of the molecule is Cn1cnc2c1CCN(C(=O)OC(C)(C)C)C2CO. The van der Waals surface area contributed by atoms with E-state index in [0.717, 1.165) is 17.8 Å². The Kier molecular flexibility index (Phi) is 3.54. The molecule has 0 bridgehead atoms. The summed E-state index contributed by atoms with van der Waals surface area (Å²) in [7, 11) is 1.92. The van der Waals surface area contributed by atoms with Crippen molar-refractivity contribution in [2.24, 2.45) is 7.05 Å². The van der Waals surface area contributed by atoms with Crippen LogP contribution in [0.25, 0.3) is 0 Å². The van der Waals surface area contributed by atoms with Gasteiger partial charge in [-0.1, -0.05) is 0 Å². The van der Waals surface area contributed by atoms with Crippen LogP contribution in [0.4, 0.5) is 4.79 Å². The van der Waals surface area contributed by atoms with E-state index in [1.165, 1.54) is 0 Å². The van der Waals surface area contributed by atoms with Crippen molar-refractivity contribution >= 4 is 6.09 Å². The Balaban J connectivity index is 2.22. The highest BCUT2D eigenvalue weighted by Crippen LogP contribution is 2.29. The first-order valence-electron chi connectivity index (χ1n) is 6.44. The van der Waals surface area contributed by atoms with Crippen molar-refractivity contribution in [3.05, 3.63) is 17.7 Å². The molecule has 0 aromatic carbocycles. The Morgan fingerprint density at radius 2 is 2.26 bits per heavy atom. The second-order valence-corrected chi connectivity index (χ2v) is 5.81. The van der Waals surface area contributed by atoms with Gasteiger partial charge in [-0.15, -0.1) is 0 Å². The van der Waals surface area contributed by atoms with Crippen LogP contribution in [-0.2, 0) is 18.2 Å². The highest BCUT2D eigenvalue weighted by molar-refractivity contribution is 5.69. The second-order valence-electron chi connectivity index (χ2n) is 5.81. The number of ether oxygens (including phenoxy) is 1. The van der Waals surface area contributed by atoms with E-state index in [2.05, 4.69) is 4.98 Å².